The van der Waals surface area contributed by atoms with Gasteiger partial charge in [-0.15, -0.1) is 0 Å². The van der Waals surface area contributed by atoms with Gasteiger partial charge in [0, 0.05) is 30.5 Å². The Kier molecular flexibility index (Phi) is 7.10. The Morgan fingerprint density at radius 2 is 2.10 bits per heavy atom. The molecule has 1 aromatic heterocycles. The van der Waals surface area contributed by atoms with Crippen LogP contribution in [0.1, 0.15) is 50.4 Å². The van der Waals surface area contributed by atoms with Crippen molar-refractivity contribution in [2.24, 2.45) is 7.05 Å². The number of hydrogen-bond donors (Lipinski definition) is 1. The van der Waals surface area contributed by atoms with E-state index in [1.165, 1.54) is 53.7 Å². The first-order valence-electron chi connectivity index (χ1n) is 8.14. The Morgan fingerprint density at radius 1 is 1.38 bits per heavy atom. The van der Waals surface area contributed by atoms with Crippen molar-refractivity contribution >= 4 is 27.7 Å². The molecule has 0 spiro atoms. The van der Waals surface area contributed by atoms with Crippen molar-refractivity contribution in [3.05, 3.63) is 15.9 Å². The van der Waals surface area contributed by atoms with Crippen molar-refractivity contribution in [1.29, 1.82) is 0 Å². The molecule has 21 heavy (non-hydrogen) atoms. The molecule has 3 nitrogen and oxygen atoms in total. The first kappa shape index (κ1) is 17.4. The molecule has 2 rings (SSSR count). The maximum absolute atomic E-state index is 4.60. The van der Waals surface area contributed by atoms with Gasteiger partial charge in [0.25, 0.3) is 0 Å². The molecule has 0 radical (unpaired) electrons. The van der Waals surface area contributed by atoms with Crippen LogP contribution in [-0.2, 0) is 19.9 Å². The molecule has 0 aromatic carbocycles. The number of aryl methyl sites for hydroxylation is 2. The second-order valence-electron chi connectivity index (χ2n) is 5.97. The molecular formula is C16H28BrN3S. The van der Waals surface area contributed by atoms with E-state index >= 15 is 0 Å². The Morgan fingerprint density at radius 3 is 2.67 bits per heavy atom. The molecular weight excluding hydrogens is 346 g/mol. The molecule has 1 N–H and O–H groups in total. The largest absolute Gasteiger partial charge is 0.316 e. The zero-order chi connectivity index (χ0) is 15.2. The molecule has 1 aromatic rings. The lowest BCUT2D eigenvalue weighted by atomic mass is 10.0. The third-order valence-electron chi connectivity index (χ3n) is 4.44. The minimum absolute atomic E-state index is 0.522. The fraction of sp³-hybridized carbons (Fsp3) is 0.812. The van der Waals surface area contributed by atoms with E-state index in [0.717, 1.165) is 18.1 Å². The molecule has 1 unspecified atom stereocenters. The molecule has 1 aliphatic rings. The van der Waals surface area contributed by atoms with Crippen molar-refractivity contribution in [3.8, 4) is 0 Å². The fourth-order valence-corrected chi connectivity index (χ4v) is 5.24. The Labute approximate surface area is 141 Å². The predicted molar refractivity (Wildman–Crippen MR) is 96.2 cm³/mol. The number of rotatable bonds is 7. The summed E-state index contributed by atoms with van der Waals surface area (Å²) in [6.45, 7) is 2.16. The highest BCUT2D eigenvalue weighted by Crippen LogP contribution is 2.29. The molecule has 1 atom stereocenters. The van der Waals surface area contributed by atoms with Crippen LogP contribution in [0.4, 0.5) is 0 Å². The van der Waals surface area contributed by atoms with Crippen LogP contribution in [0.3, 0.4) is 0 Å². The monoisotopic (exact) mass is 373 g/mol. The van der Waals surface area contributed by atoms with Gasteiger partial charge < -0.3 is 5.32 Å². The van der Waals surface area contributed by atoms with Gasteiger partial charge >= 0.3 is 0 Å². The zero-order valence-corrected chi connectivity index (χ0v) is 15.9. The van der Waals surface area contributed by atoms with Crippen molar-refractivity contribution in [2.45, 2.75) is 63.2 Å². The predicted octanol–water partition coefficient (Wildman–Crippen LogP) is 3.94. The number of hydrogen-bond acceptors (Lipinski definition) is 3. The van der Waals surface area contributed by atoms with Crippen LogP contribution in [-0.4, -0.2) is 33.9 Å². The number of nitrogens with one attached hydrogen (secondary N) is 1. The second kappa shape index (κ2) is 8.59. The minimum Gasteiger partial charge on any atom is -0.316 e. The van der Waals surface area contributed by atoms with Crippen molar-refractivity contribution in [3.63, 3.8) is 0 Å². The maximum atomic E-state index is 4.60. The van der Waals surface area contributed by atoms with Gasteiger partial charge in [-0.3, -0.25) is 4.68 Å². The Hall–Kier alpha value is -0.0000000000000000555. The lowest BCUT2D eigenvalue weighted by molar-refractivity contribution is 0.513. The summed E-state index contributed by atoms with van der Waals surface area (Å²) in [5, 5.41) is 8.98. The normalized spacial score (nSPS) is 18.1. The summed E-state index contributed by atoms with van der Waals surface area (Å²) in [6, 6.07) is 0.522. The summed E-state index contributed by atoms with van der Waals surface area (Å²) in [7, 11) is 4.14. The van der Waals surface area contributed by atoms with E-state index in [9.17, 15) is 0 Å². The fourth-order valence-electron chi connectivity index (χ4n) is 3.00. The van der Waals surface area contributed by atoms with Crippen molar-refractivity contribution in [1.82, 2.24) is 15.1 Å². The first-order chi connectivity index (χ1) is 10.2. The quantitative estimate of drug-likeness (QED) is 0.784. The summed E-state index contributed by atoms with van der Waals surface area (Å²) < 4.78 is 3.24. The lowest BCUT2D eigenvalue weighted by Gasteiger charge is -2.24. The van der Waals surface area contributed by atoms with Crippen LogP contribution >= 0.6 is 27.7 Å². The van der Waals surface area contributed by atoms with Crippen LogP contribution in [0, 0.1) is 0 Å². The topological polar surface area (TPSA) is 29.9 Å². The third-order valence-corrected chi connectivity index (χ3v) is 6.89. The lowest BCUT2D eigenvalue weighted by Crippen LogP contribution is -2.32. The Bertz CT molecular complexity index is 441. The number of likely N-dealkylation sites (N-methyl/N-ethyl adjacent to an activating group) is 1. The number of halogens is 1. The molecule has 0 saturated heterocycles. The van der Waals surface area contributed by atoms with E-state index in [1.54, 1.807) is 0 Å². The minimum atomic E-state index is 0.522. The number of aromatic nitrogens is 2. The van der Waals surface area contributed by atoms with Gasteiger partial charge in [0.15, 0.2) is 0 Å². The SMILES string of the molecule is CCc1nn(C)c(CC(CSC2CCCCC2)NC)c1Br. The highest BCUT2D eigenvalue weighted by Gasteiger charge is 2.19. The van der Waals surface area contributed by atoms with E-state index in [-0.39, 0.29) is 0 Å². The molecule has 0 bridgehead atoms. The number of nitrogens with zero attached hydrogens (tertiary/aromatic N) is 2. The van der Waals surface area contributed by atoms with E-state index in [1.807, 2.05) is 4.68 Å². The van der Waals surface area contributed by atoms with Gasteiger partial charge in [-0.1, -0.05) is 26.2 Å². The summed E-state index contributed by atoms with van der Waals surface area (Å²) in [5.41, 5.74) is 2.48. The van der Waals surface area contributed by atoms with Gasteiger partial charge in [-0.2, -0.15) is 16.9 Å². The van der Waals surface area contributed by atoms with Gasteiger partial charge in [-0.25, -0.2) is 0 Å². The molecule has 1 fully saturated rings. The van der Waals surface area contributed by atoms with Crippen molar-refractivity contribution < 1.29 is 0 Å². The summed E-state index contributed by atoms with van der Waals surface area (Å²) in [5.74, 6) is 1.19. The molecule has 5 heteroatoms. The molecule has 1 aliphatic carbocycles. The molecule has 1 heterocycles. The standard InChI is InChI=1S/C16H28BrN3S/c1-4-14-16(17)15(20(3)19-14)10-12(18-2)11-21-13-8-6-5-7-9-13/h12-13,18H,4-11H2,1-3H3. The van der Waals surface area contributed by atoms with Crippen LogP contribution < -0.4 is 5.32 Å². The van der Waals surface area contributed by atoms with Gasteiger partial charge in [0.2, 0.25) is 0 Å². The summed E-state index contributed by atoms with van der Waals surface area (Å²) in [6.07, 6.45) is 9.14. The molecule has 0 amide bonds. The number of thioether (sulfide) groups is 1. The molecule has 1 saturated carbocycles. The smallest absolute Gasteiger partial charge is 0.0766 e. The van der Waals surface area contributed by atoms with Crippen LogP contribution in [0.2, 0.25) is 0 Å². The zero-order valence-electron chi connectivity index (χ0n) is 13.5. The summed E-state index contributed by atoms with van der Waals surface area (Å²) >= 11 is 5.90. The van der Waals surface area contributed by atoms with Crippen LogP contribution in [0.15, 0.2) is 4.47 Å². The summed E-state index contributed by atoms with van der Waals surface area (Å²) in [4.78, 5) is 0. The maximum Gasteiger partial charge on any atom is 0.0766 e. The average Bonchev–Trinajstić information content (AvgIpc) is 2.79. The Balaban J connectivity index is 1.91. The first-order valence-corrected chi connectivity index (χ1v) is 9.99. The van der Waals surface area contributed by atoms with E-state index in [2.05, 4.69) is 59.1 Å². The molecule has 0 aliphatic heterocycles. The van der Waals surface area contributed by atoms with Crippen LogP contribution in [0.5, 0.6) is 0 Å². The van der Waals surface area contributed by atoms with Crippen molar-refractivity contribution in [2.75, 3.05) is 12.8 Å². The van der Waals surface area contributed by atoms with Gasteiger partial charge in [-0.05, 0) is 42.2 Å². The van der Waals surface area contributed by atoms with Crippen LogP contribution in [0.25, 0.3) is 0 Å². The van der Waals surface area contributed by atoms with E-state index in [0.29, 0.717) is 6.04 Å². The third kappa shape index (κ3) is 4.73. The van der Waals surface area contributed by atoms with Gasteiger partial charge in [0.1, 0.15) is 0 Å². The van der Waals surface area contributed by atoms with Gasteiger partial charge in [0.05, 0.1) is 15.9 Å². The molecule has 120 valence electrons. The average molecular weight is 374 g/mol. The highest BCUT2D eigenvalue weighted by atomic mass is 79.9. The van der Waals surface area contributed by atoms with E-state index in [4.69, 9.17) is 0 Å². The van der Waals surface area contributed by atoms with E-state index < -0.39 is 0 Å². The second-order valence-corrected chi connectivity index (χ2v) is 8.09. The highest BCUT2D eigenvalue weighted by molar-refractivity contribution is 9.10.